The van der Waals surface area contributed by atoms with Gasteiger partial charge in [-0.25, -0.2) is 0 Å². The van der Waals surface area contributed by atoms with Gasteiger partial charge in [0.25, 0.3) is 0 Å². The average molecular weight is 228 g/mol. The van der Waals surface area contributed by atoms with Gasteiger partial charge in [0.05, 0.1) is 10.6 Å². The number of hydrogen-bond acceptors (Lipinski definition) is 5. The van der Waals surface area contributed by atoms with E-state index in [0.29, 0.717) is 6.54 Å². The minimum atomic E-state index is 0.0753. The van der Waals surface area contributed by atoms with Crippen LogP contribution in [0.25, 0.3) is 0 Å². The van der Waals surface area contributed by atoms with Gasteiger partial charge < -0.3 is 5.73 Å². The van der Waals surface area contributed by atoms with Crippen LogP contribution in [-0.2, 0) is 12.0 Å². The first-order chi connectivity index (χ1) is 6.95. The fourth-order valence-corrected chi connectivity index (χ4v) is 2.36. The third kappa shape index (κ3) is 3.52. The molecule has 0 amide bonds. The molecule has 0 aromatic carbocycles. The molecule has 86 valence electrons. The molecule has 0 aliphatic heterocycles. The zero-order chi connectivity index (χ0) is 11.5. The first-order valence-corrected chi connectivity index (χ1v) is 5.93. The monoisotopic (exact) mass is 228 g/mol. The Morgan fingerprint density at radius 3 is 2.60 bits per heavy atom. The van der Waals surface area contributed by atoms with E-state index in [4.69, 9.17) is 5.73 Å². The number of rotatable bonds is 4. The van der Waals surface area contributed by atoms with E-state index >= 15 is 0 Å². The van der Waals surface area contributed by atoms with E-state index in [2.05, 4.69) is 42.3 Å². The van der Waals surface area contributed by atoms with Crippen LogP contribution in [0.2, 0.25) is 0 Å². The van der Waals surface area contributed by atoms with Crippen molar-refractivity contribution >= 4 is 11.5 Å². The van der Waals surface area contributed by atoms with Crippen molar-refractivity contribution < 1.29 is 0 Å². The predicted molar refractivity (Wildman–Crippen MR) is 64.0 cm³/mol. The third-order valence-corrected chi connectivity index (χ3v) is 2.90. The van der Waals surface area contributed by atoms with Gasteiger partial charge in [-0.05, 0) is 18.6 Å². The molecule has 2 N–H and O–H groups in total. The fourth-order valence-electron chi connectivity index (χ4n) is 1.43. The predicted octanol–water partition coefficient (Wildman–Crippen LogP) is 1.23. The molecule has 0 radical (unpaired) electrons. The van der Waals surface area contributed by atoms with Crippen molar-refractivity contribution in [3.63, 3.8) is 0 Å². The maximum absolute atomic E-state index is 5.51. The van der Waals surface area contributed by atoms with Crippen LogP contribution in [0.15, 0.2) is 0 Å². The van der Waals surface area contributed by atoms with Crippen molar-refractivity contribution in [2.75, 3.05) is 20.1 Å². The van der Waals surface area contributed by atoms with Crippen molar-refractivity contribution in [2.24, 2.45) is 5.73 Å². The van der Waals surface area contributed by atoms with E-state index in [1.54, 1.807) is 0 Å². The summed E-state index contributed by atoms with van der Waals surface area (Å²) in [6, 6.07) is 0. The van der Waals surface area contributed by atoms with Gasteiger partial charge in [0.2, 0.25) is 0 Å². The minimum absolute atomic E-state index is 0.0753. The summed E-state index contributed by atoms with van der Waals surface area (Å²) in [7, 11) is 2.07. The molecule has 0 aliphatic carbocycles. The van der Waals surface area contributed by atoms with E-state index in [-0.39, 0.29) is 5.41 Å². The highest BCUT2D eigenvalue weighted by atomic mass is 32.1. The Kier molecular flexibility index (Phi) is 4.19. The van der Waals surface area contributed by atoms with E-state index in [1.165, 1.54) is 16.4 Å². The van der Waals surface area contributed by atoms with Gasteiger partial charge >= 0.3 is 0 Å². The number of aromatic nitrogens is 2. The minimum Gasteiger partial charge on any atom is -0.329 e. The Labute approximate surface area is 95.6 Å². The summed E-state index contributed by atoms with van der Waals surface area (Å²) in [6.45, 7) is 8.97. The van der Waals surface area contributed by atoms with Crippen LogP contribution in [0.1, 0.15) is 31.3 Å². The third-order valence-electron chi connectivity index (χ3n) is 2.19. The summed E-state index contributed by atoms with van der Waals surface area (Å²) < 4.78 is 4.04. The van der Waals surface area contributed by atoms with Crippen molar-refractivity contribution in [3.8, 4) is 0 Å². The van der Waals surface area contributed by atoms with E-state index in [0.717, 1.165) is 18.8 Å². The molecule has 5 heteroatoms. The summed E-state index contributed by atoms with van der Waals surface area (Å²) in [5, 5.41) is 4.21. The molecule has 1 rings (SSSR count). The average Bonchev–Trinajstić information content (AvgIpc) is 2.51. The molecule has 1 aromatic heterocycles. The molecule has 0 fully saturated rings. The van der Waals surface area contributed by atoms with Crippen molar-refractivity contribution in [3.05, 3.63) is 10.6 Å². The van der Waals surface area contributed by atoms with Gasteiger partial charge in [0, 0.05) is 25.0 Å². The fraction of sp³-hybridized carbons (Fsp3) is 0.800. The summed E-state index contributed by atoms with van der Waals surface area (Å²) in [6.07, 6.45) is 0. The lowest BCUT2D eigenvalue weighted by atomic mass is 9.91. The highest BCUT2D eigenvalue weighted by molar-refractivity contribution is 7.05. The zero-order valence-electron chi connectivity index (χ0n) is 9.95. The Bertz CT molecular complexity index is 303. The first kappa shape index (κ1) is 12.5. The van der Waals surface area contributed by atoms with Crippen molar-refractivity contribution in [1.82, 2.24) is 14.5 Å². The molecule has 0 aliphatic rings. The molecule has 0 spiro atoms. The van der Waals surface area contributed by atoms with Gasteiger partial charge in [0.15, 0.2) is 0 Å². The van der Waals surface area contributed by atoms with Crippen LogP contribution < -0.4 is 5.73 Å². The number of hydrogen-bond donors (Lipinski definition) is 1. The Morgan fingerprint density at radius 2 is 2.07 bits per heavy atom. The lowest BCUT2D eigenvalue weighted by Gasteiger charge is -2.19. The molecule has 0 atom stereocenters. The van der Waals surface area contributed by atoms with Crippen molar-refractivity contribution in [1.29, 1.82) is 0 Å². The lowest BCUT2D eigenvalue weighted by Crippen LogP contribution is -2.26. The molecule has 0 unspecified atom stereocenters. The highest BCUT2D eigenvalue weighted by Crippen LogP contribution is 2.26. The van der Waals surface area contributed by atoms with E-state index in [1.807, 2.05) is 0 Å². The second kappa shape index (κ2) is 5.01. The molecule has 1 heterocycles. The second-order valence-electron chi connectivity index (χ2n) is 4.82. The smallest absolute Gasteiger partial charge is 0.0854 e. The zero-order valence-corrected chi connectivity index (χ0v) is 10.8. The van der Waals surface area contributed by atoms with Crippen LogP contribution in [0.3, 0.4) is 0 Å². The van der Waals surface area contributed by atoms with Crippen LogP contribution in [0.4, 0.5) is 0 Å². The molecule has 4 nitrogen and oxygen atoms in total. The molecule has 0 bridgehead atoms. The Morgan fingerprint density at radius 1 is 1.40 bits per heavy atom. The second-order valence-corrected chi connectivity index (χ2v) is 5.66. The molecular formula is C10H20N4S. The standard InChI is InChI=1S/C10H20N4S/c1-10(2,3)9-8(15-13-12-9)7-14(4)6-5-11/h5-7,11H2,1-4H3. The van der Waals surface area contributed by atoms with Gasteiger partial charge in [-0.3, -0.25) is 4.90 Å². The topological polar surface area (TPSA) is 55.0 Å². The van der Waals surface area contributed by atoms with Gasteiger partial charge in [0.1, 0.15) is 0 Å². The largest absolute Gasteiger partial charge is 0.329 e. The maximum atomic E-state index is 5.51. The number of likely N-dealkylation sites (N-methyl/N-ethyl adjacent to an activating group) is 1. The molecule has 1 aromatic rings. The Balaban J connectivity index is 2.74. The van der Waals surface area contributed by atoms with Gasteiger partial charge in [-0.15, -0.1) is 5.10 Å². The van der Waals surface area contributed by atoms with Crippen LogP contribution >= 0.6 is 11.5 Å². The molecule has 0 saturated carbocycles. The first-order valence-electron chi connectivity index (χ1n) is 5.15. The SMILES string of the molecule is CN(CCN)Cc1snnc1C(C)(C)C. The van der Waals surface area contributed by atoms with Crippen LogP contribution in [-0.4, -0.2) is 34.6 Å². The maximum Gasteiger partial charge on any atom is 0.0854 e. The molecule has 0 saturated heterocycles. The quantitative estimate of drug-likeness (QED) is 0.842. The van der Waals surface area contributed by atoms with E-state index in [9.17, 15) is 0 Å². The number of nitrogens with zero attached hydrogens (tertiary/aromatic N) is 3. The summed E-state index contributed by atoms with van der Waals surface area (Å²) >= 11 is 1.49. The number of nitrogens with two attached hydrogens (primary N) is 1. The van der Waals surface area contributed by atoms with Crippen molar-refractivity contribution in [2.45, 2.75) is 32.7 Å². The van der Waals surface area contributed by atoms with Crippen LogP contribution in [0.5, 0.6) is 0 Å². The van der Waals surface area contributed by atoms with Gasteiger partial charge in [-0.2, -0.15) is 0 Å². The Hall–Kier alpha value is -0.520. The summed E-state index contributed by atoms with van der Waals surface area (Å²) in [5.41, 5.74) is 6.70. The molecule has 15 heavy (non-hydrogen) atoms. The lowest BCUT2D eigenvalue weighted by molar-refractivity contribution is 0.335. The highest BCUT2D eigenvalue weighted by Gasteiger charge is 2.22. The summed E-state index contributed by atoms with van der Waals surface area (Å²) in [4.78, 5) is 3.45. The normalized spacial score (nSPS) is 12.4. The summed E-state index contributed by atoms with van der Waals surface area (Å²) in [5.74, 6) is 0. The van der Waals surface area contributed by atoms with E-state index < -0.39 is 0 Å². The molecular weight excluding hydrogens is 208 g/mol. The van der Waals surface area contributed by atoms with Gasteiger partial charge in [-0.1, -0.05) is 25.3 Å². The van der Waals surface area contributed by atoms with Crippen LogP contribution in [0, 0.1) is 0 Å².